The summed E-state index contributed by atoms with van der Waals surface area (Å²) in [5.74, 6) is 2.59. The van der Waals surface area contributed by atoms with Gasteiger partial charge in [-0.05, 0) is 93.2 Å². The van der Waals surface area contributed by atoms with Crippen LogP contribution < -0.4 is 4.57 Å². The highest BCUT2D eigenvalue weighted by molar-refractivity contribution is 7.26. The summed E-state index contributed by atoms with van der Waals surface area (Å²) >= 11 is 2.06. The third-order valence-corrected chi connectivity index (χ3v) is 14.8. The zero-order valence-corrected chi connectivity index (χ0v) is 30.3. The van der Waals surface area contributed by atoms with Crippen molar-refractivity contribution in [3.8, 4) is 17.1 Å². The summed E-state index contributed by atoms with van der Waals surface area (Å²) < 4.78 is 8.63. The van der Waals surface area contributed by atoms with Crippen LogP contribution >= 0.6 is 11.3 Å². The van der Waals surface area contributed by atoms with Crippen molar-refractivity contribution in [3.63, 3.8) is 0 Å². The second kappa shape index (κ2) is 11.6. The van der Waals surface area contributed by atoms with Gasteiger partial charge in [0.15, 0.2) is 11.0 Å². The number of aromatic nitrogens is 2. The van der Waals surface area contributed by atoms with E-state index in [4.69, 9.17) is 0 Å². The fourth-order valence-electron chi connectivity index (χ4n) is 10.6. The van der Waals surface area contributed by atoms with Crippen LogP contribution in [0.4, 0.5) is 0 Å². The highest BCUT2D eigenvalue weighted by Gasteiger charge is 2.56. The topological polar surface area (TPSA) is 8.81 Å². The van der Waals surface area contributed by atoms with E-state index >= 15 is 0 Å². The SMILES string of the molecule is CCC1(C)c2ccccc2-c2n(-c3c(C4CCCCC4)cc4c(sc5ccccc54)c3C3CCCCC3)c3ccccc3[n+]2C1(C)CC. The molecule has 2 nitrogen and oxygen atoms in total. The normalized spacial score (nSPS) is 23.6. The summed E-state index contributed by atoms with van der Waals surface area (Å²) in [7, 11) is 0. The predicted molar refractivity (Wildman–Crippen MR) is 205 cm³/mol. The van der Waals surface area contributed by atoms with Crippen LogP contribution in [0.3, 0.4) is 0 Å². The Hall–Kier alpha value is -3.43. The second-order valence-electron chi connectivity index (χ2n) is 15.7. The third kappa shape index (κ3) is 4.19. The summed E-state index contributed by atoms with van der Waals surface area (Å²) in [6, 6.07) is 30.8. The molecule has 0 radical (unpaired) electrons. The van der Waals surface area contributed by atoms with Gasteiger partial charge in [0.05, 0.1) is 5.56 Å². The molecule has 2 atom stereocenters. The first-order valence-electron chi connectivity index (χ1n) is 19.1. The van der Waals surface area contributed by atoms with Gasteiger partial charge < -0.3 is 0 Å². The van der Waals surface area contributed by atoms with E-state index in [9.17, 15) is 0 Å². The molecule has 6 aromatic rings. The Bertz CT molecular complexity index is 2170. The number of para-hydroxylation sites is 2. The Balaban J connectivity index is 1.50. The van der Waals surface area contributed by atoms with Crippen LogP contribution in [0, 0.1) is 0 Å². The van der Waals surface area contributed by atoms with E-state index in [1.54, 1.807) is 21.5 Å². The fourth-order valence-corrected chi connectivity index (χ4v) is 11.9. The second-order valence-corrected chi connectivity index (χ2v) is 16.8. The van der Waals surface area contributed by atoms with E-state index in [0.29, 0.717) is 11.8 Å². The number of imidazole rings is 1. The summed E-state index contributed by atoms with van der Waals surface area (Å²) in [5.41, 5.74) is 10.5. The first-order chi connectivity index (χ1) is 23.5. The lowest BCUT2D eigenvalue weighted by Gasteiger charge is -2.48. The molecule has 2 aliphatic carbocycles. The molecule has 3 heterocycles. The first kappa shape index (κ1) is 30.6. The smallest absolute Gasteiger partial charge is 0.216 e. The minimum atomic E-state index is -0.0754. The number of rotatable bonds is 5. The van der Waals surface area contributed by atoms with Gasteiger partial charge >= 0.3 is 0 Å². The van der Waals surface area contributed by atoms with Crippen molar-refractivity contribution in [2.45, 2.75) is 128 Å². The number of nitrogens with zero attached hydrogens (tertiary/aromatic N) is 2. The maximum atomic E-state index is 2.83. The molecule has 2 unspecified atom stereocenters. The molecule has 0 N–H and O–H groups in total. The molecule has 1 aliphatic heterocycles. The van der Waals surface area contributed by atoms with Gasteiger partial charge in [-0.25, -0.2) is 4.57 Å². The van der Waals surface area contributed by atoms with E-state index in [2.05, 4.69) is 127 Å². The number of fused-ring (bicyclic) bond motifs is 8. The molecule has 3 heteroatoms. The van der Waals surface area contributed by atoms with Gasteiger partial charge in [0.25, 0.3) is 5.82 Å². The van der Waals surface area contributed by atoms with Crippen molar-refractivity contribution in [2.24, 2.45) is 0 Å². The van der Waals surface area contributed by atoms with E-state index in [0.717, 1.165) is 12.8 Å². The molecule has 2 fully saturated rings. The van der Waals surface area contributed by atoms with Gasteiger partial charge in [-0.1, -0.05) is 108 Å². The molecule has 246 valence electrons. The van der Waals surface area contributed by atoms with E-state index in [1.807, 2.05) is 0 Å². The molecular weight excluding hydrogens is 601 g/mol. The maximum absolute atomic E-state index is 2.83. The first-order valence-corrected chi connectivity index (χ1v) is 20.0. The van der Waals surface area contributed by atoms with E-state index in [-0.39, 0.29) is 11.0 Å². The maximum Gasteiger partial charge on any atom is 0.295 e. The zero-order chi connectivity index (χ0) is 32.6. The third-order valence-electron chi connectivity index (χ3n) is 13.6. The predicted octanol–water partition coefficient (Wildman–Crippen LogP) is 12.9. The van der Waals surface area contributed by atoms with Crippen molar-refractivity contribution in [3.05, 3.63) is 95.6 Å². The summed E-state index contributed by atoms with van der Waals surface area (Å²) in [4.78, 5) is 0. The van der Waals surface area contributed by atoms with Crippen LogP contribution in [-0.2, 0) is 11.0 Å². The molecule has 0 saturated heterocycles. The van der Waals surface area contributed by atoms with Crippen LogP contribution in [0.1, 0.15) is 133 Å². The number of hydrogen-bond donors (Lipinski definition) is 0. The number of benzene rings is 4. The molecule has 0 bridgehead atoms. The monoisotopic (exact) mass is 651 g/mol. The lowest BCUT2D eigenvalue weighted by Crippen LogP contribution is -2.67. The van der Waals surface area contributed by atoms with Crippen LogP contribution in [0.2, 0.25) is 0 Å². The fraction of sp³-hybridized carbons (Fsp3) is 0.444. The van der Waals surface area contributed by atoms with Crippen molar-refractivity contribution >= 4 is 42.5 Å². The van der Waals surface area contributed by atoms with Crippen LogP contribution in [-0.4, -0.2) is 4.57 Å². The highest BCUT2D eigenvalue weighted by atomic mass is 32.1. The van der Waals surface area contributed by atoms with Crippen molar-refractivity contribution in [1.82, 2.24) is 4.57 Å². The standard InChI is InChI=1S/C45H51N2S/c1-5-44(3)36-25-15-13-24-33(36)43-46(37-26-16-17-27-38(37)47(43)45(44,4)6-2)41-34(30-19-9-7-10-20-30)29-35-32-23-14-18-28-39(32)48-42(35)40(41)31-21-11-8-12-22-31/h13-18,23-31H,5-12,19-22H2,1-4H3/q+1. The van der Waals surface area contributed by atoms with Gasteiger partial charge in [-0.3, -0.25) is 0 Å². The van der Waals surface area contributed by atoms with Crippen molar-refractivity contribution in [2.75, 3.05) is 0 Å². The summed E-state index contributed by atoms with van der Waals surface area (Å²) in [6.07, 6.45) is 15.5. The van der Waals surface area contributed by atoms with Gasteiger partial charge in [-0.2, -0.15) is 4.57 Å². The molecular formula is C45H51N2S+. The van der Waals surface area contributed by atoms with Gasteiger partial charge in [0.2, 0.25) is 0 Å². The lowest BCUT2D eigenvalue weighted by atomic mass is 9.61. The number of thiophene rings is 1. The largest absolute Gasteiger partial charge is 0.295 e. The van der Waals surface area contributed by atoms with Crippen LogP contribution in [0.5, 0.6) is 0 Å². The van der Waals surface area contributed by atoms with Crippen molar-refractivity contribution < 1.29 is 4.57 Å². The Morgan fingerprint density at radius 3 is 2.15 bits per heavy atom. The van der Waals surface area contributed by atoms with E-state index < -0.39 is 0 Å². The Morgan fingerprint density at radius 1 is 0.729 bits per heavy atom. The molecule has 4 aromatic carbocycles. The molecule has 3 aliphatic rings. The Kier molecular flexibility index (Phi) is 7.39. The average molecular weight is 652 g/mol. The molecule has 2 saturated carbocycles. The molecule has 0 amide bonds. The average Bonchev–Trinajstić information content (AvgIpc) is 3.70. The van der Waals surface area contributed by atoms with Gasteiger partial charge in [0.1, 0.15) is 11.2 Å². The van der Waals surface area contributed by atoms with Crippen LogP contribution in [0.15, 0.2) is 78.9 Å². The molecule has 0 spiro atoms. The van der Waals surface area contributed by atoms with Gasteiger partial charge in [0, 0.05) is 36.7 Å². The van der Waals surface area contributed by atoms with Crippen molar-refractivity contribution in [1.29, 1.82) is 0 Å². The quantitative estimate of drug-likeness (QED) is 0.164. The molecule has 2 aromatic heterocycles. The highest BCUT2D eigenvalue weighted by Crippen LogP contribution is 2.54. The van der Waals surface area contributed by atoms with Gasteiger partial charge in [-0.15, -0.1) is 11.3 Å². The minimum Gasteiger partial charge on any atom is -0.216 e. The molecule has 48 heavy (non-hydrogen) atoms. The summed E-state index contributed by atoms with van der Waals surface area (Å²) in [6.45, 7) is 9.94. The Morgan fingerprint density at radius 2 is 1.40 bits per heavy atom. The minimum absolute atomic E-state index is 0.0127. The Labute approximate surface area is 290 Å². The lowest BCUT2D eigenvalue weighted by molar-refractivity contribution is -0.743. The zero-order valence-electron chi connectivity index (χ0n) is 29.4. The molecule has 9 rings (SSSR count). The van der Waals surface area contributed by atoms with Crippen LogP contribution in [0.25, 0.3) is 48.3 Å². The van der Waals surface area contributed by atoms with E-state index in [1.165, 1.54) is 108 Å². The number of hydrogen-bond acceptors (Lipinski definition) is 1. The summed E-state index contributed by atoms with van der Waals surface area (Å²) in [5, 5.41) is 2.96.